The highest BCUT2D eigenvalue weighted by Crippen LogP contribution is 2.35. The van der Waals surface area contributed by atoms with Gasteiger partial charge in [0.15, 0.2) is 0 Å². The quantitative estimate of drug-likeness (QED) is 0.661. The second-order valence-electron chi connectivity index (χ2n) is 4.19. The van der Waals surface area contributed by atoms with Crippen molar-refractivity contribution in [1.29, 1.82) is 0 Å². The Labute approximate surface area is 84.4 Å². The van der Waals surface area contributed by atoms with Crippen molar-refractivity contribution < 1.29 is 0 Å². The molecule has 0 spiro atoms. The van der Waals surface area contributed by atoms with Crippen LogP contribution in [0.3, 0.4) is 0 Å². The first kappa shape index (κ1) is 9.13. The van der Waals surface area contributed by atoms with Gasteiger partial charge in [0.25, 0.3) is 0 Å². The zero-order chi connectivity index (χ0) is 10.0. The Morgan fingerprint density at radius 1 is 1.21 bits per heavy atom. The lowest BCUT2D eigenvalue weighted by Gasteiger charge is -2.28. The Hall–Kier alpha value is -1.44. The van der Waals surface area contributed by atoms with Crippen molar-refractivity contribution in [3.8, 4) is 0 Å². The molecule has 0 N–H and O–H groups in total. The van der Waals surface area contributed by atoms with Crippen molar-refractivity contribution in [2.45, 2.75) is 13.8 Å². The lowest BCUT2D eigenvalue weighted by Crippen LogP contribution is -2.20. The van der Waals surface area contributed by atoms with Crippen LogP contribution in [-0.2, 0) is 0 Å². The first-order valence-corrected chi connectivity index (χ1v) is 4.81. The van der Waals surface area contributed by atoms with Gasteiger partial charge in [-0.15, -0.1) is 0 Å². The van der Waals surface area contributed by atoms with E-state index in [9.17, 15) is 0 Å². The van der Waals surface area contributed by atoms with Gasteiger partial charge in [0.2, 0.25) is 0 Å². The minimum atomic E-state index is 0.135. The molecule has 0 aliphatic carbocycles. The summed E-state index contributed by atoms with van der Waals surface area (Å²) in [5.74, 6) is 0. The highest BCUT2D eigenvalue weighted by Gasteiger charge is 2.25. The monoisotopic (exact) mass is 186 g/mol. The molecular weight excluding hydrogens is 172 g/mol. The van der Waals surface area contributed by atoms with E-state index in [-0.39, 0.29) is 5.41 Å². The molecule has 1 aromatic rings. The molecule has 0 saturated heterocycles. The number of aromatic nitrogens is 1. The summed E-state index contributed by atoms with van der Waals surface area (Å²) < 4.78 is 0. The summed E-state index contributed by atoms with van der Waals surface area (Å²) in [6.45, 7) is 5.30. The van der Waals surface area contributed by atoms with Gasteiger partial charge in [0.05, 0.1) is 0 Å². The average molecular weight is 186 g/mol. The first-order chi connectivity index (χ1) is 6.70. The minimum absolute atomic E-state index is 0.135. The smallest absolute Gasteiger partial charge is 0.0481 e. The fourth-order valence-corrected chi connectivity index (χ4v) is 1.74. The standard InChI is InChI=1S/C12H14N2/c1-12(2)9-14-8-5-11(12)10-3-6-13-7-4-10/h3-8H,9H2,1-2H3. The molecule has 0 bridgehead atoms. The van der Waals surface area contributed by atoms with Crippen molar-refractivity contribution in [3.63, 3.8) is 0 Å². The van der Waals surface area contributed by atoms with Gasteiger partial charge in [-0.2, -0.15) is 0 Å². The summed E-state index contributed by atoms with van der Waals surface area (Å²) in [6, 6.07) is 4.10. The van der Waals surface area contributed by atoms with Crippen LogP contribution in [0.4, 0.5) is 0 Å². The summed E-state index contributed by atoms with van der Waals surface area (Å²) in [5, 5.41) is 0. The number of allylic oxidation sites excluding steroid dienone is 1. The van der Waals surface area contributed by atoms with E-state index in [2.05, 4.69) is 29.9 Å². The van der Waals surface area contributed by atoms with E-state index >= 15 is 0 Å². The number of hydrogen-bond acceptors (Lipinski definition) is 2. The van der Waals surface area contributed by atoms with Crippen LogP contribution in [0.15, 0.2) is 35.6 Å². The number of hydrogen-bond donors (Lipinski definition) is 0. The summed E-state index contributed by atoms with van der Waals surface area (Å²) in [5.41, 5.74) is 2.72. The number of nitrogens with zero attached hydrogens (tertiary/aromatic N) is 2. The predicted molar refractivity (Wildman–Crippen MR) is 59.4 cm³/mol. The molecule has 1 aromatic heterocycles. The maximum atomic E-state index is 4.29. The van der Waals surface area contributed by atoms with Crippen molar-refractivity contribution >= 4 is 11.8 Å². The Bertz CT molecular complexity index is 375. The molecule has 0 unspecified atom stereocenters. The molecule has 2 heterocycles. The highest BCUT2D eigenvalue weighted by molar-refractivity contribution is 5.88. The molecule has 14 heavy (non-hydrogen) atoms. The summed E-state index contributed by atoms with van der Waals surface area (Å²) in [6.07, 6.45) is 7.65. The molecule has 2 heteroatoms. The molecular formula is C12H14N2. The SMILES string of the molecule is CC1(C)CN=CC=C1c1ccncc1. The molecule has 0 saturated carbocycles. The van der Waals surface area contributed by atoms with Crippen LogP contribution < -0.4 is 0 Å². The number of aliphatic imine (C=N–C) groups is 1. The van der Waals surface area contributed by atoms with E-state index in [1.54, 1.807) is 0 Å². The fraction of sp³-hybridized carbons (Fsp3) is 0.333. The molecule has 72 valence electrons. The van der Waals surface area contributed by atoms with Crippen molar-refractivity contribution in [2.24, 2.45) is 10.4 Å². The molecule has 0 radical (unpaired) electrons. The molecule has 0 aromatic carbocycles. The lowest BCUT2D eigenvalue weighted by atomic mass is 9.79. The van der Waals surface area contributed by atoms with E-state index in [0.29, 0.717) is 0 Å². The lowest BCUT2D eigenvalue weighted by molar-refractivity contribution is 0.514. The predicted octanol–water partition coefficient (Wildman–Crippen LogP) is 2.58. The Morgan fingerprint density at radius 2 is 1.93 bits per heavy atom. The maximum Gasteiger partial charge on any atom is 0.0481 e. The van der Waals surface area contributed by atoms with E-state index in [4.69, 9.17) is 0 Å². The van der Waals surface area contributed by atoms with Gasteiger partial charge in [-0.05, 0) is 29.3 Å². The van der Waals surface area contributed by atoms with Crippen molar-refractivity contribution in [2.75, 3.05) is 6.54 Å². The minimum Gasteiger partial charge on any atom is -0.292 e. The third kappa shape index (κ3) is 1.60. The molecule has 2 nitrogen and oxygen atoms in total. The normalized spacial score (nSPS) is 19.1. The van der Waals surface area contributed by atoms with Crippen LogP contribution in [0.1, 0.15) is 19.4 Å². The Balaban J connectivity index is 2.43. The maximum absolute atomic E-state index is 4.29. The van der Waals surface area contributed by atoms with Gasteiger partial charge in [0, 0.05) is 30.6 Å². The molecule has 1 aliphatic rings. The van der Waals surface area contributed by atoms with Crippen LogP contribution in [0.25, 0.3) is 5.57 Å². The third-order valence-electron chi connectivity index (χ3n) is 2.55. The van der Waals surface area contributed by atoms with Gasteiger partial charge in [0.1, 0.15) is 0 Å². The van der Waals surface area contributed by atoms with E-state index in [1.807, 2.05) is 30.7 Å². The van der Waals surface area contributed by atoms with Crippen molar-refractivity contribution in [1.82, 2.24) is 4.98 Å². The van der Waals surface area contributed by atoms with Gasteiger partial charge >= 0.3 is 0 Å². The topological polar surface area (TPSA) is 25.2 Å². The van der Waals surface area contributed by atoms with Gasteiger partial charge < -0.3 is 0 Å². The first-order valence-electron chi connectivity index (χ1n) is 4.81. The summed E-state index contributed by atoms with van der Waals surface area (Å²) in [7, 11) is 0. The van der Waals surface area contributed by atoms with Crippen LogP contribution in [0, 0.1) is 5.41 Å². The van der Waals surface area contributed by atoms with Crippen molar-refractivity contribution in [3.05, 3.63) is 36.2 Å². The van der Waals surface area contributed by atoms with Gasteiger partial charge in [-0.25, -0.2) is 0 Å². The van der Waals surface area contributed by atoms with E-state index in [0.717, 1.165) is 6.54 Å². The number of dihydropyridines is 1. The van der Waals surface area contributed by atoms with Crippen LogP contribution in [0.2, 0.25) is 0 Å². The Kier molecular flexibility index (Phi) is 2.20. The largest absolute Gasteiger partial charge is 0.292 e. The number of pyridine rings is 1. The molecule has 2 rings (SSSR count). The highest BCUT2D eigenvalue weighted by atomic mass is 14.7. The third-order valence-corrected chi connectivity index (χ3v) is 2.55. The average Bonchev–Trinajstić information content (AvgIpc) is 2.18. The molecule has 0 amide bonds. The second-order valence-corrected chi connectivity index (χ2v) is 4.19. The fourth-order valence-electron chi connectivity index (χ4n) is 1.74. The van der Waals surface area contributed by atoms with Gasteiger partial charge in [-0.3, -0.25) is 9.98 Å². The van der Waals surface area contributed by atoms with E-state index < -0.39 is 0 Å². The van der Waals surface area contributed by atoms with Crippen LogP contribution in [-0.4, -0.2) is 17.7 Å². The zero-order valence-electron chi connectivity index (χ0n) is 8.57. The second kappa shape index (κ2) is 3.37. The molecule has 0 fully saturated rings. The van der Waals surface area contributed by atoms with Crippen LogP contribution >= 0.6 is 0 Å². The Morgan fingerprint density at radius 3 is 2.57 bits per heavy atom. The van der Waals surface area contributed by atoms with E-state index in [1.165, 1.54) is 11.1 Å². The molecule has 0 atom stereocenters. The zero-order valence-corrected chi connectivity index (χ0v) is 8.57. The summed E-state index contributed by atoms with van der Waals surface area (Å²) in [4.78, 5) is 8.32. The molecule has 1 aliphatic heterocycles. The number of rotatable bonds is 1. The van der Waals surface area contributed by atoms with Crippen LogP contribution in [0.5, 0.6) is 0 Å². The summed E-state index contributed by atoms with van der Waals surface area (Å²) >= 11 is 0. The van der Waals surface area contributed by atoms with Gasteiger partial charge in [-0.1, -0.05) is 13.8 Å².